The molecule has 1 aromatic carbocycles. The molecule has 1 saturated carbocycles. The maximum absolute atomic E-state index is 10.6. The van der Waals surface area contributed by atoms with E-state index in [0.29, 0.717) is 12.3 Å². The van der Waals surface area contributed by atoms with Crippen LogP contribution >= 0.6 is 0 Å². The van der Waals surface area contributed by atoms with E-state index in [0.717, 1.165) is 18.4 Å². The number of aliphatic hydroxyl groups excluding tert-OH is 1. The van der Waals surface area contributed by atoms with Gasteiger partial charge in [0.2, 0.25) is 0 Å². The van der Waals surface area contributed by atoms with Gasteiger partial charge < -0.3 is 14.6 Å². The molecule has 2 aliphatic rings. The quantitative estimate of drug-likeness (QED) is 0.510. The van der Waals surface area contributed by atoms with Crippen LogP contribution in [0, 0.1) is 5.92 Å². The smallest absolute Gasteiger partial charge is 0.184 e. The van der Waals surface area contributed by atoms with Crippen LogP contribution < -0.4 is 0 Å². The number of hydrogen-bond acceptors (Lipinski definition) is 4. The van der Waals surface area contributed by atoms with Crippen molar-refractivity contribution >= 4 is 0 Å². The number of benzene rings is 1. The predicted molar refractivity (Wildman–Crippen MR) is 85.5 cm³/mol. The summed E-state index contributed by atoms with van der Waals surface area (Å²) in [4.78, 5) is 2.88. The molecule has 23 heavy (non-hydrogen) atoms. The van der Waals surface area contributed by atoms with E-state index in [4.69, 9.17) is 15.0 Å². The van der Waals surface area contributed by atoms with E-state index in [9.17, 15) is 5.11 Å². The first kappa shape index (κ1) is 16.3. The summed E-state index contributed by atoms with van der Waals surface area (Å²) in [5.74, 6) is 0.540. The SMILES string of the molecule is [N-]=[N+]=NC1COC(c2ccccc2)OC1[C@@H](O)CC1CCCC1. The van der Waals surface area contributed by atoms with E-state index in [1.165, 1.54) is 12.8 Å². The van der Waals surface area contributed by atoms with Gasteiger partial charge in [-0.15, -0.1) is 0 Å². The summed E-state index contributed by atoms with van der Waals surface area (Å²) in [6.07, 6.45) is 3.81. The molecule has 1 saturated heterocycles. The molecule has 0 bridgehead atoms. The molecular formula is C17H23N3O3. The molecule has 0 amide bonds. The van der Waals surface area contributed by atoms with Gasteiger partial charge in [0.05, 0.1) is 24.9 Å². The van der Waals surface area contributed by atoms with Crippen LogP contribution in [-0.4, -0.2) is 30.0 Å². The highest BCUT2D eigenvalue weighted by Gasteiger charge is 2.38. The lowest BCUT2D eigenvalue weighted by molar-refractivity contribution is -0.246. The van der Waals surface area contributed by atoms with Gasteiger partial charge in [-0.2, -0.15) is 0 Å². The largest absolute Gasteiger partial charge is 0.390 e. The van der Waals surface area contributed by atoms with E-state index in [-0.39, 0.29) is 6.61 Å². The third-order valence-corrected chi connectivity index (χ3v) is 4.78. The number of nitrogens with zero attached hydrogens (tertiary/aromatic N) is 3. The Morgan fingerprint density at radius 3 is 2.70 bits per heavy atom. The van der Waals surface area contributed by atoms with Crippen molar-refractivity contribution in [2.45, 2.75) is 56.6 Å². The molecule has 1 aliphatic heterocycles. The highest BCUT2D eigenvalue weighted by atomic mass is 16.7. The molecule has 1 N–H and O–H groups in total. The highest BCUT2D eigenvalue weighted by Crippen LogP contribution is 2.34. The number of rotatable bonds is 5. The van der Waals surface area contributed by atoms with Crippen molar-refractivity contribution in [1.29, 1.82) is 0 Å². The molecule has 3 rings (SSSR count). The molecule has 2 fully saturated rings. The van der Waals surface area contributed by atoms with Gasteiger partial charge in [0.1, 0.15) is 0 Å². The fourth-order valence-electron chi connectivity index (χ4n) is 3.57. The third-order valence-electron chi connectivity index (χ3n) is 4.78. The summed E-state index contributed by atoms with van der Waals surface area (Å²) >= 11 is 0. The van der Waals surface area contributed by atoms with Crippen molar-refractivity contribution in [3.05, 3.63) is 46.3 Å². The van der Waals surface area contributed by atoms with Gasteiger partial charge in [-0.1, -0.05) is 61.1 Å². The molecule has 124 valence electrons. The van der Waals surface area contributed by atoms with E-state index in [2.05, 4.69) is 10.0 Å². The van der Waals surface area contributed by atoms with Crippen molar-refractivity contribution in [2.75, 3.05) is 6.61 Å². The lowest BCUT2D eigenvalue weighted by Crippen LogP contribution is -2.46. The Morgan fingerprint density at radius 1 is 1.26 bits per heavy atom. The second-order valence-electron chi connectivity index (χ2n) is 6.40. The average molecular weight is 317 g/mol. The minimum absolute atomic E-state index is 0.260. The van der Waals surface area contributed by atoms with Gasteiger partial charge in [0, 0.05) is 10.5 Å². The zero-order valence-electron chi connectivity index (χ0n) is 13.1. The van der Waals surface area contributed by atoms with Gasteiger partial charge in [-0.25, -0.2) is 0 Å². The molecule has 1 aromatic rings. The van der Waals surface area contributed by atoms with Crippen LogP contribution in [0.5, 0.6) is 0 Å². The molecule has 1 aliphatic carbocycles. The summed E-state index contributed by atoms with van der Waals surface area (Å²) in [5, 5.41) is 14.4. The van der Waals surface area contributed by atoms with Crippen LogP contribution in [0.4, 0.5) is 0 Å². The van der Waals surface area contributed by atoms with Crippen molar-refractivity contribution in [3.8, 4) is 0 Å². The van der Waals surface area contributed by atoms with E-state index < -0.39 is 24.5 Å². The molecule has 0 radical (unpaired) electrons. The highest BCUT2D eigenvalue weighted by molar-refractivity contribution is 5.16. The molecule has 6 heteroatoms. The number of hydrogen-bond donors (Lipinski definition) is 1. The second-order valence-corrected chi connectivity index (χ2v) is 6.40. The van der Waals surface area contributed by atoms with Gasteiger partial charge >= 0.3 is 0 Å². The van der Waals surface area contributed by atoms with Gasteiger partial charge in [0.25, 0.3) is 0 Å². The third kappa shape index (κ3) is 4.03. The Balaban J connectivity index is 1.70. The Labute approximate surface area is 136 Å². The Hall–Kier alpha value is -1.59. The van der Waals surface area contributed by atoms with Crippen molar-refractivity contribution < 1.29 is 14.6 Å². The van der Waals surface area contributed by atoms with Crippen LogP contribution in [0.15, 0.2) is 35.4 Å². The van der Waals surface area contributed by atoms with Crippen LogP contribution in [-0.2, 0) is 9.47 Å². The summed E-state index contributed by atoms with van der Waals surface area (Å²) in [6.45, 7) is 0.260. The maximum atomic E-state index is 10.6. The minimum Gasteiger partial charge on any atom is -0.390 e. The topological polar surface area (TPSA) is 87.5 Å². The van der Waals surface area contributed by atoms with Gasteiger partial charge in [-0.3, -0.25) is 0 Å². The standard InChI is InChI=1S/C17H23N3O3/c18-20-19-14-11-22-17(13-8-2-1-3-9-13)23-16(14)15(21)10-12-6-4-5-7-12/h1-3,8-9,12,14-17,21H,4-7,10-11H2/t14?,15-,16?,17?/m0/s1. The summed E-state index contributed by atoms with van der Waals surface area (Å²) in [7, 11) is 0. The zero-order valence-corrected chi connectivity index (χ0v) is 13.1. The zero-order chi connectivity index (χ0) is 16.1. The van der Waals surface area contributed by atoms with Crippen molar-refractivity contribution in [2.24, 2.45) is 11.0 Å². The van der Waals surface area contributed by atoms with Crippen LogP contribution in [0.25, 0.3) is 10.4 Å². The van der Waals surface area contributed by atoms with E-state index >= 15 is 0 Å². The van der Waals surface area contributed by atoms with E-state index in [1.807, 2.05) is 30.3 Å². The lowest BCUT2D eigenvalue weighted by atomic mass is 9.94. The number of azide groups is 1. The Morgan fingerprint density at radius 2 is 2.00 bits per heavy atom. The fraction of sp³-hybridized carbons (Fsp3) is 0.647. The van der Waals surface area contributed by atoms with Crippen LogP contribution in [0.1, 0.15) is 44.0 Å². The minimum atomic E-state index is -0.635. The molecule has 6 nitrogen and oxygen atoms in total. The number of aliphatic hydroxyl groups is 1. The Kier molecular flexibility index (Phi) is 5.51. The number of ether oxygens (including phenoxy) is 2. The summed E-state index contributed by atoms with van der Waals surface area (Å²) in [5.41, 5.74) is 9.66. The van der Waals surface area contributed by atoms with Crippen molar-refractivity contribution in [1.82, 2.24) is 0 Å². The molecule has 1 heterocycles. The van der Waals surface area contributed by atoms with E-state index in [1.54, 1.807) is 0 Å². The van der Waals surface area contributed by atoms with Crippen molar-refractivity contribution in [3.63, 3.8) is 0 Å². The predicted octanol–water partition coefficient (Wildman–Crippen LogP) is 3.72. The first-order chi connectivity index (χ1) is 11.3. The molecular weight excluding hydrogens is 294 g/mol. The lowest BCUT2D eigenvalue weighted by Gasteiger charge is -2.37. The molecule has 4 atom stereocenters. The molecule has 0 spiro atoms. The first-order valence-corrected chi connectivity index (χ1v) is 8.32. The van der Waals surface area contributed by atoms with Gasteiger partial charge in [0.15, 0.2) is 6.29 Å². The average Bonchev–Trinajstić information content (AvgIpc) is 3.09. The van der Waals surface area contributed by atoms with Crippen LogP contribution in [0.2, 0.25) is 0 Å². The molecule has 3 unspecified atom stereocenters. The van der Waals surface area contributed by atoms with Gasteiger partial charge in [-0.05, 0) is 17.9 Å². The fourth-order valence-corrected chi connectivity index (χ4v) is 3.57. The van der Waals surface area contributed by atoms with Crippen LogP contribution in [0.3, 0.4) is 0 Å². The summed E-state index contributed by atoms with van der Waals surface area (Å²) < 4.78 is 11.7. The molecule has 0 aromatic heterocycles. The Bertz CT molecular complexity index is 541. The monoisotopic (exact) mass is 317 g/mol. The summed E-state index contributed by atoms with van der Waals surface area (Å²) in [6, 6.07) is 9.15. The first-order valence-electron chi connectivity index (χ1n) is 8.32. The normalized spacial score (nSPS) is 29.9. The second kappa shape index (κ2) is 7.79. The maximum Gasteiger partial charge on any atom is 0.184 e.